The van der Waals surface area contributed by atoms with Gasteiger partial charge >= 0.3 is 0 Å². The highest BCUT2D eigenvalue weighted by Crippen LogP contribution is 2.25. The van der Waals surface area contributed by atoms with Gasteiger partial charge in [-0.2, -0.15) is 10.2 Å². The minimum atomic E-state index is 0.0296. The summed E-state index contributed by atoms with van der Waals surface area (Å²) in [6.07, 6.45) is 3.64. The van der Waals surface area contributed by atoms with Crippen molar-refractivity contribution in [1.29, 1.82) is 0 Å². The van der Waals surface area contributed by atoms with E-state index in [1.54, 1.807) is 24.0 Å². The van der Waals surface area contributed by atoms with Gasteiger partial charge in [0.15, 0.2) is 5.82 Å². The van der Waals surface area contributed by atoms with Crippen LogP contribution < -0.4 is 0 Å². The highest BCUT2D eigenvalue weighted by Gasteiger charge is 2.28. The van der Waals surface area contributed by atoms with Gasteiger partial charge in [0.1, 0.15) is 11.5 Å². The monoisotopic (exact) mass is 274 g/mol. The van der Waals surface area contributed by atoms with E-state index < -0.39 is 0 Å². The van der Waals surface area contributed by atoms with Crippen LogP contribution in [0.4, 0.5) is 0 Å². The lowest BCUT2D eigenvalue weighted by atomic mass is 9.97. The van der Waals surface area contributed by atoms with E-state index in [4.69, 9.17) is 0 Å². The summed E-state index contributed by atoms with van der Waals surface area (Å²) >= 11 is 0. The first-order valence-electron chi connectivity index (χ1n) is 6.81. The number of aromatic amines is 1. The van der Waals surface area contributed by atoms with Crippen LogP contribution in [0.25, 0.3) is 0 Å². The van der Waals surface area contributed by atoms with Crippen molar-refractivity contribution < 1.29 is 4.79 Å². The smallest absolute Gasteiger partial charge is 0.272 e. The third kappa shape index (κ3) is 2.31. The Morgan fingerprint density at radius 3 is 3.00 bits per heavy atom. The summed E-state index contributed by atoms with van der Waals surface area (Å²) in [6.45, 7) is 3.34. The van der Waals surface area contributed by atoms with Crippen LogP contribution in [0.1, 0.15) is 40.9 Å². The van der Waals surface area contributed by atoms with E-state index in [-0.39, 0.29) is 11.8 Å². The molecule has 7 nitrogen and oxygen atoms in total. The minimum Gasteiger partial charge on any atom is -0.337 e. The van der Waals surface area contributed by atoms with Crippen LogP contribution in [0.2, 0.25) is 0 Å². The maximum Gasteiger partial charge on any atom is 0.272 e. The molecule has 1 N–H and O–H groups in total. The first-order chi connectivity index (χ1) is 9.65. The fourth-order valence-corrected chi connectivity index (χ4v) is 2.66. The fourth-order valence-electron chi connectivity index (χ4n) is 2.66. The Hall–Kier alpha value is -2.18. The third-order valence-corrected chi connectivity index (χ3v) is 3.73. The Labute approximate surface area is 117 Å². The summed E-state index contributed by atoms with van der Waals surface area (Å²) in [4.78, 5) is 18.7. The van der Waals surface area contributed by atoms with E-state index >= 15 is 0 Å². The van der Waals surface area contributed by atoms with Crippen molar-refractivity contribution in [2.75, 3.05) is 13.1 Å². The topological polar surface area (TPSA) is 79.7 Å². The Kier molecular flexibility index (Phi) is 3.25. The van der Waals surface area contributed by atoms with Crippen LogP contribution in [0.3, 0.4) is 0 Å². The van der Waals surface area contributed by atoms with Crippen molar-refractivity contribution in [3.8, 4) is 0 Å². The number of likely N-dealkylation sites (tertiary alicyclic amines) is 1. The third-order valence-electron chi connectivity index (χ3n) is 3.73. The van der Waals surface area contributed by atoms with Gasteiger partial charge in [-0.25, -0.2) is 4.98 Å². The molecule has 106 valence electrons. The summed E-state index contributed by atoms with van der Waals surface area (Å²) in [5.74, 6) is 1.87. The second-order valence-electron chi connectivity index (χ2n) is 5.21. The fraction of sp³-hybridized carbons (Fsp3) is 0.538. The molecule has 3 heterocycles. The molecule has 20 heavy (non-hydrogen) atoms. The van der Waals surface area contributed by atoms with Crippen molar-refractivity contribution in [2.24, 2.45) is 7.05 Å². The zero-order valence-electron chi connectivity index (χ0n) is 11.7. The SMILES string of the molecule is Cc1nc(C2CCCN(C(=O)c3ccnn3C)C2)n[nH]1. The second kappa shape index (κ2) is 5.07. The van der Waals surface area contributed by atoms with Crippen molar-refractivity contribution in [1.82, 2.24) is 29.9 Å². The van der Waals surface area contributed by atoms with Crippen LogP contribution in [0, 0.1) is 6.92 Å². The largest absolute Gasteiger partial charge is 0.337 e. The molecule has 2 aromatic rings. The van der Waals surface area contributed by atoms with E-state index in [0.717, 1.165) is 31.0 Å². The lowest BCUT2D eigenvalue weighted by Crippen LogP contribution is -2.40. The molecule has 0 spiro atoms. The van der Waals surface area contributed by atoms with E-state index in [1.165, 1.54) is 0 Å². The Morgan fingerprint density at radius 2 is 2.35 bits per heavy atom. The molecule has 3 rings (SSSR count). The number of nitrogens with one attached hydrogen (secondary N) is 1. The molecule has 1 unspecified atom stereocenters. The predicted molar refractivity (Wildman–Crippen MR) is 72.2 cm³/mol. The molecule has 1 amide bonds. The number of amides is 1. The van der Waals surface area contributed by atoms with Gasteiger partial charge in [0.2, 0.25) is 0 Å². The number of hydrogen-bond acceptors (Lipinski definition) is 4. The van der Waals surface area contributed by atoms with Crippen molar-refractivity contribution in [2.45, 2.75) is 25.7 Å². The van der Waals surface area contributed by atoms with Crippen molar-refractivity contribution in [3.63, 3.8) is 0 Å². The molecule has 1 atom stereocenters. The van der Waals surface area contributed by atoms with Crippen LogP contribution in [-0.2, 0) is 7.05 Å². The first-order valence-corrected chi connectivity index (χ1v) is 6.81. The zero-order chi connectivity index (χ0) is 14.1. The number of H-pyrrole nitrogens is 1. The molecular weight excluding hydrogens is 256 g/mol. The molecule has 2 aromatic heterocycles. The standard InChI is InChI=1S/C13H18N6O/c1-9-15-12(17-16-9)10-4-3-7-19(8-10)13(20)11-5-6-14-18(11)2/h5-6,10H,3-4,7-8H2,1-2H3,(H,15,16,17). The summed E-state index contributed by atoms with van der Waals surface area (Å²) in [6, 6.07) is 1.75. The van der Waals surface area contributed by atoms with Gasteiger partial charge in [-0.05, 0) is 25.8 Å². The number of nitrogens with zero attached hydrogens (tertiary/aromatic N) is 5. The molecule has 7 heteroatoms. The molecule has 1 aliphatic rings. The highest BCUT2D eigenvalue weighted by atomic mass is 16.2. The molecule has 0 bridgehead atoms. The number of carbonyl (C=O) groups is 1. The van der Waals surface area contributed by atoms with Gasteiger partial charge in [0, 0.05) is 32.3 Å². The number of aromatic nitrogens is 5. The van der Waals surface area contributed by atoms with Crippen molar-refractivity contribution in [3.05, 3.63) is 29.6 Å². The highest BCUT2D eigenvalue weighted by molar-refractivity contribution is 5.92. The molecule has 0 aliphatic carbocycles. The molecule has 1 saturated heterocycles. The van der Waals surface area contributed by atoms with Gasteiger partial charge in [0.05, 0.1) is 0 Å². The molecule has 1 fully saturated rings. The van der Waals surface area contributed by atoms with Gasteiger partial charge in [-0.15, -0.1) is 0 Å². The van der Waals surface area contributed by atoms with E-state index in [2.05, 4.69) is 20.3 Å². The Balaban J connectivity index is 1.75. The first kappa shape index (κ1) is 12.8. The molecule has 0 aromatic carbocycles. The molecule has 0 saturated carbocycles. The lowest BCUT2D eigenvalue weighted by molar-refractivity contribution is 0.0693. The number of piperidine rings is 1. The Bertz CT molecular complexity index is 616. The van der Waals surface area contributed by atoms with Crippen LogP contribution in [0.5, 0.6) is 0 Å². The van der Waals surface area contributed by atoms with Gasteiger partial charge in [-0.3, -0.25) is 14.6 Å². The van der Waals surface area contributed by atoms with Gasteiger partial charge in [0.25, 0.3) is 5.91 Å². The number of aryl methyl sites for hydroxylation is 2. The van der Waals surface area contributed by atoms with Gasteiger partial charge in [-0.1, -0.05) is 0 Å². The molecule has 1 aliphatic heterocycles. The molecule has 0 radical (unpaired) electrons. The Morgan fingerprint density at radius 1 is 1.50 bits per heavy atom. The van der Waals surface area contributed by atoms with Crippen LogP contribution in [-0.4, -0.2) is 48.9 Å². The average molecular weight is 274 g/mol. The number of rotatable bonds is 2. The second-order valence-corrected chi connectivity index (χ2v) is 5.21. The zero-order valence-corrected chi connectivity index (χ0v) is 11.7. The predicted octanol–water partition coefficient (Wildman–Crippen LogP) is 0.866. The molecular formula is C13H18N6O. The van der Waals surface area contributed by atoms with Crippen molar-refractivity contribution >= 4 is 5.91 Å². The summed E-state index contributed by atoms with van der Waals surface area (Å²) < 4.78 is 1.61. The lowest BCUT2D eigenvalue weighted by Gasteiger charge is -2.31. The van der Waals surface area contributed by atoms with Crippen LogP contribution >= 0.6 is 0 Å². The van der Waals surface area contributed by atoms with Gasteiger partial charge < -0.3 is 4.90 Å². The minimum absolute atomic E-state index is 0.0296. The van der Waals surface area contributed by atoms with E-state index in [0.29, 0.717) is 12.2 Å². The normalized spacial score (nSPS) is 19.3. The maximum absolute atomic E-state index is 12.5. The average Bonchev–Trinajstić information content (AvgIpc) is 3.07. The number of carbonyl (C=O) groups excluding carboxylic acids is 1. The summed E-state index contributed by atoms with van der Waals surface area (Å²) in [5.41, 5.74) is 0.622. The van der Waals surface area contributed by atoms with E-state index in [1.807, 2.05) is 11.8 Å². The summed E-state index contributed by atoms with van der Waals surface area (Å²) in [5, 5.41) is 11.1. The van der Waals surface area contributed by atoms with Crippen LogP contribution in [0.15, 0.2) is 12.3 Å². The summed E-state index contributed by atoms with van der Waals surface area (Å²) in [7, 11) is 1.79. The number of hydrogen-bond donors (Lipinski definition) is 1. The maximum atomic E-state index is 12.5. The quantitative estimate of drug-likeness (QED) is 0.881. The van der Waals surface area contributed by atoms with E-state index in [9.17, 15) is 4.79 Å².